The zero-order valence-electron chi connectivity index (χ0n) is 16.4. The molecule has 0 bridgehead atoms. The Bertz CT molecular complexity index is 974. The zero-order chi connectivity index (χ0) is 20.2. The molecule has 6 nitrogen and oxygen atoms in total. The van der Waals surface area contributed by atoms with Gasteiger partial charge in [-0.1, -0.05) is 6.07 Å². The molecule has 2 aromatic heterocycles. The number of anilines is 1. The van der Waals surface area contributed by atoms with Gasteiger partial charge in [-0.05, 0) is 24.3 Å². The molecule has 0 spiro atoms. The van der Waals surface area contributed by atoms with E-state index >= 15 is 0 Å². The smallest absolute Gasteiger partial charge is 0.193 e. The van der Waals surface area contributed by atoms with Crippen LogP contribution >= 0.6 is 0 Å². The van der Waals surface area contributed by atoms with E-state index < -0.39 is 11.6 Å². The molecule has 152 valence electrons. The van der Waals surface area contributed by atoms with Crippen molar-refractivity contribution in [3.8, 4) is 0 Å². The monoisotopic (exact) mass is 398 g/mol. The third-order valence-electron chi connectivity index (χ3n) is 5.12. The molecular formula is C21H24F2N6. The number of piperazine rings is 1. The molecule has 0 radical (unpaired) electrons. The van der Waals surface area contributed by atoms with E-state index in [-0.39, 0.29) is 0 Å². The number of guanidine groups is 1. The molecule has 0 unspecified atom stereocenters. The lowest BCUT2D eigenvalue weighted by Crippen LogP contribution is -2.53. The highest BCUT2D eigenvalue weighted by molar-refractivity contribution is 5.80. The molecule has 3 heterocycles. The number of pyridine rings is 1. The Kier molecular flexibility index (Phi) is 5.59. The lowest BCUT2D eigenvalue weighted by Gasteiger charge is -2.37. The number of aromatic nitrogens is 2. The molecule has 1 aromatic carbocycles. The summed E-state index contributed by atoms with van der Waals surface area (Å²) in [6, 6.07) is 9.51. The van der Waals surface area contributed by atoms with Gasteiger partial charge < -0.3 is 19.5 Å². The van der Waals surface area contributed by atoms with E-state index in [4.69, 9.17) is 0 Å². The minimum atomic E-state index is -0.423. The van der Waals surface area contributed by atoms with Crippen molar-refractivity contribution in [3.05, 3.63) is 66.1 Å². The van der Waals surface area contributed by atoms with Crippen molar-refractivity contribution in [1.29, 1.82) is 0 Å². The number of imidazole rings is 1. The summed E-state index contributed by atoms with van der Waals surface area (Å²) in [7, 11) is 1.76. The van der Waals surface area contributed by atoms with Crippen molar-refractivity contribution >= 4 is 17.3 Å². The summed E-state index contributed by atoms with van der Waals surface area (Å²) in [5.41, 5.74) is 2.28. The lowest BCUT2D eigenvalue weighted by molar-refractivity contribution is 0.371. The van der Waals surface area contributed by atoms with Gasteiger partial charge >= 0.3 is 0 Å². The molecule has 0 amide bonds. The normalized spacial score (nSPS) is 15.2. The quantitative estimate of drug-likeness (QED) is 0.542. The fourth-order valence-corrected chi connectivity index (χ4v) is 3.63. The highest BCUT2D eigenvalue weighted by Gasteiger charge is 2.22. The molecule has 29 heavy (non-hydrogen) atoms. The Morgan fingerprint density at radius 1 is 1.14 bits per heavy atom. The van der Waals surface area contributed by atoms with Crippen LogP contribution in [0.2, 0.25) is 0 Å². The largest absolute Gasteiger partial charge is 0.366 e. The lowest BCUT2D eigenvalue weighted by atomic mass is 10.2. The zero-order valence-corrected chi connectivity index (χ0v) is 16.4. The van der Waals surface area contributed by atoms with Gasteiger partial charge in [0.05, 0.1) is 11.4 Å². The molecule has 0 aliphatic carbocycles. The number of fused-ring (bicyclic) bond motifs is 1. The summed E-state index contributed by atoms with van der Waals surface area (Å²) in [4.78, 5) is 13.0. The average molecular weight is 398 g/mol. The van der Waals surface area contributed by atoms with Crippen molar-refractivity contribution in [2.45, 2.75) is 6.42 Å². The third-order valence-corrected chi connectivity index (χ3v) is 5.12. The van der Waals surface area contributed by atoms with Crippen molar-refractivity contribution < 1.29 is 8.78 Å². The predicted octanol–water partition coefficient (Wildman–Crippen LogP) is 2.55. The molecule has 1 aliphatic heterocycles. The molecule has 8 heteroatoms. The Labute approximate surface area is 168 Å². The Morgan fingerprint density at radius 3 is 2.72 bits per heavy atom. The first kappa shape index (κ1) is 19.2. The van der Waals surface area contributed by atoms with Crippen LogP contribution in [0.4, 0.5) is 14.5 Å². The number of hydrogen-bond acceptors (Lipinski definition) is 3. The highest BCUT2D eigenvalue weighted by Crippen LogP contribution is 2.21. The van der Waals surface area contributed by atoms with Crippen molar-refractivity contribution in [1.82, 2.24) is 19.6 Å². The second kappa shape index (κ2) is 8.46. The predicted molar refractivity (Wildman–Crippen MR) is 110 cm³/mol. The van der Waals surface area contributed by atoms with Crippen molar-refractivity contribution in [3.63, 3.8) is 0 Å². The summed E-state index contributed by atoms with van der Waals surface area (Å²) < 4.78 is 29.5. The van der Waals surface area contributed by atoms with Gasteiger partial charge in [-0.3, -0.25) is 4.99 Å². The molecule has 0 atom stereocenters. The third kappa shape index (κ3) is 4.31. The van der Waals surface area contributed by atoms with Crippen LogP contribution in [0.3, 0.4) is 0 Å². The van der Waals surface area contributed by atoms with E-state index in [9.17, 15) is 8.78 Å². The average Bonchev–Trinajstić information content (AvgIpc) is 3.16. The molecule has 0 saturated carbocycles. The maximum Gasteiger partial charge on any atom is 0.193 e. The number of nitrogens with zero attached hydrogens (tertiary/aromatic N) is 5. The van der Waals surface area contributed by atoms with E-state index in [0.29, 0.717) is 31.9 Å². The second-order valence-corrected chi connectivity index (χ2v) is 6.99. The van der Waals surface area contributed by atoms with Gasteiger partial charge in [-0.25, -0.2) is 13.8 Å². The fourth-order valence-electron chi connectivity index (χ4n) is 3.63. The number of aliphatic imine (C=N–C) groups is 1. The standard InChI is InChI=1S/C21H24F2N6/c1-24-21(25-8-7-17-15-29-9-3-2-4-20(29)26-17)28-12-10-27(11-13-28)19-14-16(22)5-6-18(19)23/h2-6,9,14-15H,7-8,10-13H2,1H3,(H,24,25). The topological polar surface area (TPSA) is 48.2 Å². The molecule has 1 N–H and O–H groups in total. The summed E-state index contributed by atoms with van der Waals surface area (Å²) in [6.45, 7) is 3.30. The number of rotatable bonds is 4. The van der Waals surface area contributed by atoms with Gasteiger partial charge in [0.2, 0.25) is 0 Å². The Hall–Kier alpha value is -3.16. The van der Waals surface area contributed by atoms with Gasteiger partial charge in [0.15, 0.2) is 5.96 Å². The molecule has 1 saturated heterocycles. The molecule has 1 aliphatic rings. The van der Waals surface area contributed by atoms with Crippen LogP contribution in [-0.2, 0) is 6.42 Å². The Morgan fingerprint density at radius 2 is 1.97 bits per heavy atom. The maximum atomic E-state index is 14.0. The number of benzene rings is 1. The highest BCUT2D eigenvalue weighted by atomic mass is 19.1. The van der Waals surface area contributed by atoms with E-state index in [1.54, 1.807) is 7.05 Å². The SMILES string of the molecule is CN=C(NCCc1cn2ccccc2n1)N1CCN(c2cc(F)ccc2F)CC1. The summed E-state index contributed by atoms with van der Waals surface area (Å²) in [5, 5.41) is 3.38. The van der Waals surface area contributed by atoms with Gasteiger partial charge in [0.25, 0.3) is 0 Å². The minimum Gasteiger partial charge on any atom is -0.366 e. The molecule has 4 rings (SSSR count). The molecule has 3 aromatic rings. The van der Waals surface area contributed by atoms with Crippen LogP contribution in [-0.4, -0.2) is 60.0 Å². The molecule has 1 fully saturated rings. The fraction of sp³-hybridized carbons (Fsp3) is 0.333. The van der Waals surface area contributed by atoms with Gasteiger partial charge in [-0.2, -0.15) is 0 Å². The van der Waals surface area contributed by atoms with Gasteiger partial charge in [0, 0.05) is 64.7 Å². The van der Waals surface area contributed by atoms with Crippen LogP contribution in [0.15, 0.2) is 53.8 Å². The number of hydrogen-bond donors (Lipinski definition) is 1. The van der Waals surface area contributed by atoms with Crippen LogP contribution in [0, 0.1) is 11.6 Å². The van der Waals surface area contributed by atoms with E-state index in [1.165, 1.54) is 12.1 Å². The van der Waals surface area contributed by atoms with E-state index in [2.05, 4.69) is 20.2 Å². The number of halogens is 2. The van der Waals surface area contributed by atoms with E-state index in [1.807, 2.05) is 39.9 Å². The molecular weight excluding hydrogens is 374 g/mol. The summed E-state index contributed by atoms with van der Waals surface area (Å²) in [6.07, 6.45) is 4.81. The van der Waals surface area contributed by atoms with Crippen LogP contribution < -0.4 is 10.2 Å². The maximum absolute atomic E-state index is 14.0. The van der Waals surface area contributed by atoms with Crippen LogP contribution in [0.1, 0.15) is 5.69 Å². The van der Waals surface area contributed by atoms with E-state index in [0.717, 1.165) is 36.3 Å². The first-order valence-electron chi connectivity index (χ1n) is 9.72. The first-order valence-corrected chi connectivity index (χ1v) is 9.72. The summed E-state index contributed by atoms with van der Waals surface area (Å²) >= 11 is 0. The second-order valence-electron chi connectivity index (χ2n) is 6.99. The minimum absolute atomic E-state index is 0.319. The number of nitrogens with one attached hydrogen (secondary N) is 1. The van der Waals surface area contributed by atoms with Crippen molar-refractivity contribution in [2.24, 2.45) is 4.99 Å². The summed E-state index contributed by atoms with van der Waals surface area (Å²) in [5.74, 6) is -0.00353. The van der Waals surface area contributed by atoms with Crippen LogP contribution in [0.5, 0.6) is 0 Å². The van der Waals surface area contributed by atoms with Gasteiger partial charge in [0.1, 0.15) is 17.3 Å². The Balaban J connectivity index is 1.30. The van der Waals surface area contributed by atoms with Crippen LogP contribution in [0.25, 0.3) is 5.65 Å². The van der Waals surface area contributed by atoms with Gasteiger partial charge in [-0.15, -0.1) is 0 Å². The first-order chi connectivity index (χ1) is 14.1. The van der Waals surface area contributed by atoms with Crippen molar-refractivity contribution in [2.75, 3.05) is 44.7 Å².